The molecule has 0 spiro atoms. The minimum atomic E-state index is -3.92. The Kier molecular flexibility index (Phi) is 4.91. The third kappa shape index (κ3) is 4.72. The molecule has 0 amide bonds. The quantitative estimate of drug-likeness (QED) is 0.462. The van der Waals surface area contributed by atoms with Crippen molar-refractivity contribution in [2.45, 2.75) is 6.42 Å². The largest absolute Gasteiger partial charge is 0.465 e. The molecule has 1 aromatic heterocycles. The van der Waals surface area contributed by atoms with Crippen molar-refractivity contribution in [3.8, 4) is 0 Å². The maximum atomic E-state index is 11.3. The van der Waals surface area contributed by atoms with Gasteiger partial charge in [0, 0.05) is 6.54 Å². The summed E-state index contributed by atoms with van der Waals surface area (Å²) in [7, 11) is -2.63. The molecule has 2 N–H and O–H groups in total. The Bertz CT molecular complexity index is 479. The molecular weight excluding hydrogens is 266 g/mol. The van der Waals surface area contributed by atoms with Crippen molar-refractivity contribution in [2.24, 2.45) is 0 Å². The lowest BCUT2D eigenvalue weighted by Crippen LogP contribution is -2.11. The van der Waals surface area contributed by atoms with Crippen molar-refractivity contribution in [1.29, 1.82) is 0 Å². The van der Waals surface area contributed by atoms with Gasteiger partial charge in [0.15, 0.2) is 0 Å². The summed E-state index contributed by atoms with van der Waals surface area (Å²) in [6.07, 6.45) is 0.261. The van der Waals surface area contributed by atoms with E-state index in [2.05, 4.69) is 10.1 Å². The smallest absolute Gasteiger partial charge is 0.340 e. The molecule has 0 atom stereocenters. The number of esters is 1. The Labute approximate surface area is 103 Å². The summed E-state index contributed by atoms with van der Waals surface area (Å²) in [6.45, 7) is 0.351. The average molecular weight is 279 g/mol. The monoisotopic (exact) mass is 279 g/mol. The summed E-state index contributed by atoms with van der Waals surface area (Å²) in [6, 6.07) is 1.63. The third-order valence-electron chi connectivity index (χ3n) is 1.94. The highest BCUT2D eigenvalue weighted by Gasteiger charge is 2.12. The predicted octanol–water partition coefficient (Wildman–Crippen LogP) is 1.22. The number of carbonyl (C=O) groups excluding carboxylic acids is 1. The summed E-state index contributed by atoms with van der Waals surface area (Å²) in [5.41, 5.74) is 0.421. The van der Waals surface area contributed by atoms with Crippen molar-refractivity contribution in [3.05, 3.63) is 17.0 Å². The first kappa shape index (κ1) is 13.9. The Balaban J connectivity index is 2.47. The molecule has 6 nitrogen and oxygen atoms in total. The number of anilines is 1. The van der Waals surface area contributed by atoms with E-state index in [1.165, 1.54) is 18.4 Å². The topological polar surface area (TPSA) is 92.7 Å². The molecule has 1 aromatic rings. The third-order valence-corrected chi connectivity index (χ3v) is 3.61. The summed E-state index contributed by atoms with van der Waals surface area (Å²) in [4.78, 5) is 11.3. The number of nitrogens with one attached hydrogen (secondary N) is 1. The maximum absolute atomic E-state index is 11.3. The van der Waals surface area contributed by atoms with Gasteiger partial charge >= 0.3 is 5.97 Å². The van der Waals surface area contributed by atoms with Crippen molar-refractivity contribution in [1.82, 2.24) is 0 Å². The molecular formula is C9H13NO5S2. The van der Waals surface area contributed by atoms with Gasteiger partial charge in [-0.3, -0.25) is 4.55 Å². The second kappa shape index (κ2) is 5.99. The number of ether oxygens (including phenoxy) is 1. The molecule has 1 rings (SSSR count). The van der Waals surface area contributed by atoms with E-state index in [4.69, 9.17) is 4.55 Å². The molecule has 0 aliphatic carbocycles. The Hall–Kier alpha value is -1.12. The first-order valence-electron chi connectivity index (χ1n) is 4.79. The van der Waals surface area contributed by atoms with Gasteiger partial charge in [-0.2, -0.15) is 8.42 Å². The molecule has 0 bridgehead atoms. The molecule has 0 aromatic carbocycles. The van der Waals surface area contributed by atoms with Crippen LogP contribution >= 0.6 is 11.3 Å². The summed E-state index contributed by atoms with van der Waals surface area (Å²) in [5.74, 6) is -0.748. The minimum absolute atomic E-state index is 0.261. The molecule has 96 valence electrons. The van der Waals surface area contributed by atoms with Gasteiger partial charge in [0.25, 0.3) is 10.1 Å². The zero-order valence-corrected chi connectivity index (χ0v) is 10.8. The van der Waals surface area contributed by atoms with E-state index in [0.717, 1.165) is 0 Å². The van der Waals surface area contributed by atoms with Crippen LogP contribution in [0.15, 0.2) is 11.4 Å². The van der Waals surface area contributed by atoms with Crippen LogP contribution in [0, 0.1) is 0 Å². The maximum Gasteiger partial charge on any atom is 0.340 e. The zero-order valence-electron chi connectivity index (χ0n) is 9.17. The first-order valence-corrected chi connectivity index (χ1v) is 7.28. The lowest BCUT2D eigenvalue weighted by molar-refractivity contribution is 0.0602. The fraction of sp³-hybridized carbons (Fsp3) is 0.444. The van der Waals surface area contributed by atoms with Gasteiger partial charge in [0.05, 0.1) is 18.4 Å². The second-order valence-electron chi connectivity index (χ2n) is 3.22. The predicted molar refractivity (Wildman–Crippen MR) is 65.2 cm³/mol. The van der Waals surface area contributed by atoms with Gasteiger partial charge in [-0.1, -0.05) is 0 Å². The fourth-order valence-corrected chi connectivity index (χ4v) is 2.49. The number of methoxy groups -OCH3 is 1. The summed E-state index contributed by atoms with van der Waals surface area (Å²) in [5, 5.41) is 5.29. The van der Waals surface area contributed by atoms with Crippen LogP contribution < -0.4 is 5.32 Å². The van der Waals surface area contributed by atoms with Gasteiger partial charge in [0.1, 0.15) is 5.00 Å². The summed E-state index contributed by atoms with van der Waals surface area (Å²) >= 11 is 1.33. The number of thiophene rings is 1. The normalized spacial score (nSPS) is 11.2. The van der Waals surface area contributed by atoms with E-state index >= 15 is 0 Å². The van der Waals surface area contributed by atoms with Crippen LogP contribution in [0.4, 0.5) is 5.00 Å². The van der Waals surface area contributed by atoms with Crippen LogP contribution in [-0.4, -0.2) is 38.3 Å². The van der Waals surface area contributed by atoms with E-state index in [1.54, 1.807) is 11.4 Å². The van der Waals surface area contributed by atoms with Crippen LogP contribution in [-0.2, 0) is 14.9 Å². The lowest BCUT2D eigenvalue weighted by atomic mass is 10.3. The van der Waals surface area contributed by atoms with Gasteiger partial charge in [-0.05, 0) is 17.9 Å². The molecule has 1 heterocycles. The molecule has 8 heteroatoms. The van der Waals surface area contributed by atoms with Crippen LogP contribution in [0.3, 0.4) is 0 Å². The van der Waals surface area contributed by atoms with Gasteiger partial charge < -0.3 is 10.1 Å². The minimum Gasteiger partial charge on any atom is -0.465 e. The van der Waals surface area contributed by atoms with Crippen LogP contribution in [0.2, 0.25) is 0 Å². The van der Waals surface area contributed by atoms with Gasteiger partial charge in [0.2, 0.25) is 0 Å². The first-order chi connectivity index (χ1) is 7.94. The summed E-state index contributed by atoms with van der Waals surface area (Å²) < 4.78 is 34.1. The van der Waals surface area contributed by atoms with E-state index in [-0.39, 0.29) is 12.2 Å². The molecule has 0 saturated heterocycles. The van der Waals surface area contributed by atoms with Crippen molar-refractivity contribution >= 4 is 32.4 Å². The second-order valence-corrected chi connectivity index (χ2v) is 5.71. The van der Waals surface area contributed by atoms with Crippen molar-refractivity contribution < 1.29 is 22.5 Å². The standard InChI is InChI=1S/C9H13NO5S2/c1-15-9(11)7-3-5-16-8(7)10-4-2-6-17(12,13)14/h3,5,10H,2,4,6H2,1H3,(H,12,13,14). The number of carbonyl (C=O) groups is 1. The molecule has 0 fully saturated rings. The molecule has 0 unspecified atom stereocenters. The highest BCUT2D eigenvalue weighted by Crippen LogP contribution is 2.23. The molecule has 0 aliphatic rings. The Morgan fingerprint density at radius 3 is 2.88 bits per heavy atom. The molecule has 17 heavy (non-hydrogen) atoms. The SMILES string of the molecule is COC(=O)c1ccsc1NCCCS(=O)(=O)O. The highest BCUT2D eigenvalue weighted by molar-refractivity contribution is 7.85. The van der Waals surface area contributed by atoms with Gasteiger partial charge in [-0.25, -0.2) is 4.79 Å². The van der Waals surface area contributed by atoms with E-state index in [1.807, 2.05) is 0 Å². The van der Waals surface area contributed by atoms with Crippen molar-refractivity contribution in [3.63, 3.8) is 0 Å². The van der Waals surface area contributed by atoms with Crippen LogP contribution in [0.1, 0.15) is 16.8 Å². The van der Waals surface area contributed by atoms with Crippen LogP contribution in [0.5, 0.6) is 0 Å². The van der Waals surface area contributed by atoms with Gasteiger partial charge in [-0.15, -0.1) is 11.3 Å². The average Bonchev–Trinajstić information content (AvgIpc) is 2.70. The van der Waals surface area contributed by atoms with Crippen LogP contribution in [0.25, 0.3) is 0 Å². The lowest BCUT2D eigenvalue weighted by Gasteiger charge is -2.05. The molecule has 0 saturated carbocycles. The number of rotatable bonds is 6. The number of hydrogen-bond acceptors (Lipinski definition) is 6. The molecule has 0 aliphatic heterocycles. The fourth-order valence-electron chi connectivity index (χ4n) is 1.17. The Morgan fingerprint density at radius 2 is 2.29 bits per heavy atom. The van der Waals surface area contributed by atoms with E-state index < -0.39 is 16.1 Å². The van der Waals surface area contributed by atoms with E-state index in [0.29, 0.717) is 17.1 Å². The zero-order chi connectivity index (χ0) is 12.9. The van der Waals surface area contributed by atoms with Crippen molar-refractivity contribution in [2.75, 3.05) is 24.7 Å². The Morgan fingerprint density at radius 1 is 1.59 bits per heavy atom. The molecule has 0 radical (unpaired) electrons. The number of hydrogen-bond donors (Lipinski definition) is 2. The van der Waals surface area contributed by atoms with E-state index in [9.17, 15) is 13.2 Å². The highest BCUT2D eigenvalue weighted by atomic mass is 32.2.